The highest BCUT2D eigenvalue weighted by Gasteiger charge is 2.35. The zero-order chi connectivity index (χ0) is 19.4. The van der Waals surface area contributed by atoms with Crippen LogP contribution in [0.25, 0.3) is 0 Å². The zero-order valence-corrected chi connectivity index (χ0v) is 14.4. The van der Waals surface area contributed by atoms with Gasteiger partial charge >= 0.3 is 0 Å². The second kappa shape index (κ2) is 7.77. The van der Waals surface area contributed by atoms with Gasteiger partial charge in [0.25, 0.3) is 11.6 Å². The molecule has 2 aromatic rings. The van der Waals surface area contributed by atoms with Crippen molar-refractivity contribution in [2.24, 2.45) is 0 Å². The van der Waals surface area contributed by atoms with E-state index >= 15 is 0 Å². The Morgan fingerprint density at radius 1 is 0.963 bits per heavy atom. The number of rotatable bonds is 5. The third kappa shape index (κ3) is 4.00. The first kappa shape index (κ1) is 18.2. The van der Waals surface area contributed by atoms with Crippen LogP contribution in [0.3, 0.4) is 0 Å². The first-order valence-corrected chi connectivity index (χ1v) is 8.37. The molecule has 1 fully saturated rings. The van der Waals surface area contributed by atoms with Crippen LogP contribution in [0.1, 0.15) is 15.9 Å². The standard InChI is InChI=1S/C19H17N3O5/c23-17-12-20(19(25)15-8-4-5-9-16(15)22(26)27)13-18(24)21(17)11-10-14-6-2-1-3-7-14/h1-9H,10-13H2. The Morgan fingerprint density at radius 2 is 1.56 bits per heavy atom. The molecule has 0 N–H and O–H groups in total. The maximum atomic E-state index is 12.6. The Balaban J connectivity index is 1.70. The topological polar surface area (TPSA) is 101 Å². The molecule has 1 aliphatic rings. The Kier molecular flexibility index (Phi) is 5.25. The van der Waals surface area contributed by atoms with Gasteiger partial charge in [-0.2, -0.15) is 0 Å². The van der Waals surface area contributed by atoms with E-state index in [-0.39, 0.29) is 30.9 Å². The molecule has 1 aliphatic heterocycles. The number of imide groups is 1. The summed E-state index contributed by atoms with van der Waals surface area (Å²) < 4.78 is 0. The molecule has 0 unspecified atom stereocenters. The average Bonchev–Trinajstić information content (AvgIpc) is 2.67. The van der Waals surface area contributed by atoms with Crippen LogP contribution in [0, 0.1) is 10.1 Å². The molecule has 0 saturated carbocycles. The van der Waals surface area contributed by atoms with E-state index < -0.39 is 22.6 Å². The highest BCUT2D eigenvalue weighted by molar-refractivity contribution is 6.07. The van der Waals surface area contributed by atoms with Crippen molar-refractivity contribution in [3.05, 3.63) is 75.8 Å². The van der Waals surface area contributed by atoms with Gasteiger partial charge in [-0.25, -0.2) is 0 Å². The molecule has 0 atom stereocenters. The van der Waals surface area contributed by atoms with Crippen LogP contribution < -0.4 is 0 Å². The van der Waals surface area contributed by atoms with E-state index in [0.29, 0.717) is 6.42 Å². The predicted octanol–water partition coefficient (Wildman–Crippen LogP) is 1.65. The number of amides is 3. The molecule has 0 spiro atoms. The van der Waals surface area contributed by atoms with Gasteiger partial charge in [-0.05, 0) is 18.1 Å². The lowest BCUT2D eigenvalue weighted by atomic mass is 10.1. The summed E-state index contributed by atoms with van der Waals surface area (Å²) in [6.07, 6.45) is 0.524. The largest absolute Gasteiger partial charge is 0.320 e. The lowest BCUT2D eigenvalue weighted by Crippen LogP contribution is -2.56. The molecule has 0 aromatic heterocycles. The molecule has 0 aliphatic carbocycles. The number of carbonyl (C=O) groups is 3. The van der Waals surface area contributed by atoms with Crippen molar-refractivity contribution in [2.45, 2.75) is 6.42 Å². The van der Waals surface area contributed by atoms with Crippen molar-refractivity contribution >= 4 is 23.4 Å². The van der Waals surface area contributed by atoms with Crippen molar-refractivity contribution in [2.75, 3.05) is 19.6 Å². The van der Waals surface area contributed by atoms with Gasteiger partial charge in [-0.15, -0.1) is 0 Å². The fourth-order valence-electron chi connectivity index (χ4n) is 2.95. The van der Waals surface area contributed by atoms with Crippen LogP contribution >= 0.6 is 0 Å². The zero-order valence-electron chi connectivity index (χ0n) is 14.4. The van der Waals surface area contributed by atoms with E-state index in [1.54, 1.807) is 0 Å². The van der Waals surface area contributed by atoms with Crippen LogP contribution in [0.4, 0.5) is 5.69 Å². The molecule has 8 heteroatoms. The second-order valence-corrected chi connectivity index (χ2v) is 6.11. The summed E-state index contributed by atoms with van der Waals surface area (Å²) in [6, 6.07) is 14.9. The van der Waals surface area contributed by atoms with E-state index in [1.807, 2.05) is 30.3 Å². The van der Waals surface area contributed by atoms with E-state index in [0.717, 1.165) is 15.4 Å². The van der Waals surface area contributed by atoms with Crippen molar-refractivity contribution in [3.8, 4) is 0 Å². The predicted molar refractivity (Wildman–Crippen MR) is 95.9 cm³/mol. The van der Waals surface area contributed by atoms with Crippen molar-refractivity contribution < 1.29 is 19.3 Å². The maximum Gasteiger partial charge on any atom is 0.282 e. The number of para-hydroxylation sites is 1. The van der Waals surface area contributed by atoms with Gasteiger partial charge in [0.1, 0.15) is 18.7 Å². The molecule has 8 nitrogen and oxygen atoms in total. The molecular weight excluding hydrogens is 350 g/mol. The maximum absolute atomic E-state index is 12.6. The second-order valence-electron chi connectivity index (χ2n) is 6.11. The molecule has 1 heterocycles. The van der Waals surface area contributed by atoms with Gasteiger partial charge in [0.15, 0.2) is 0 Å². The van der Waals surface area contributed by atoms with Gasteiger partial charge in [-0.3, -0.25) is 29.4 Å². The van der Waals surface area contributed by atoms with E-state index in [2.05, 4.69) is 0 Å². The molecule has 1 saturated heterocycles. The minimum Gasteiger partial charge on any atom is -0.320 e. The molecule has 3 rings (SSSR count). The first-order chi connectivity index (χ1) is 13.0. The average molecular weight is 367 g/mol. The molecule has 0 radical (unpaired) electrons. The fraction of sp³-hybridized carbons (Fsp3) is 0.211. The Bertz CT molecular complexity index is 879. The molecule has 0 bridgehead atoms. The van der Waals surface area contributed by atoms with Crippen molar-refractivity contribution in [1.29, 1.82) is 0 Å². The van der Waals surface area contributed by atoms with Crippen LogP contribution in [0.15, 0.2) is 54.6 Å². The molecule has 3 amide bonds. The van der Waals surface area contributed by atoms with Crippen molar-refractivity contribution in [1.82, 2.24) is 9.80 Å². The van der Waals surface area contributed by atoms with E-state index in [4.69, 9.17) is 0 Å². The minimum atomic E-state index is -0.702. The molecule has 138 valence electrons. The SMILES string of the molecule is O=C(c1ccccc1[N+](=O)[O-])N1CC(=O)N(CCc2ccccc2)C(=O)C1. The summed E-state index contributed by atoms with van der Waals surface area (Å²) in [6.45, 7) is -0.341. The number of nitro benzene ring substituents is 1. The normalized spacial score (nSPS) is 14.4. The number of piperazine rings is 1. The molecule has 2 aromatic carbocycles. The summed E-state index contributed by atoms with van der Waals surface area (Å²) in [7, 11) is 0. The summed E-state index contributed by atoms with van der Waals surface area (Å²) >= 11 is 0. The molecule has 27 heavy (non-hydrogen) atoms. The van der Waals surface area contributed by atoms with Crippen LogP contribution in [0.2, 0.25) is 0 Å². The monoisotopic (exact) mass is 367 g/mol. The van der Waals surface area contributed by atoms with E-state index in [1.165, 1.54) is 24.3 Å². The number of hydrogen-bond donors (Lipinski definition) is 0. The number of hydrogen-bond acceptors (Lipinski definition) is 5. The first-order valence-electron chi connectivity index (χ1n) is 8.37. The quantitative estimate of drug-likeness (QED) is 0.454. The van der Waals surface area contributed by atoms with Gasteiger partial charge in [0.05, 0.1) is 4.92 Å². The Labute approximate surface area is 155 Å². The van der Waals surface area contributed by atoms with Gasteiger partial charge < -0.3 is 4.90 Å². The highest BCUT2D eigenvalue weighted by atomic mass is 16.6. The lowest BCUT2D eigenvalue weighted by Gasteiger charge is -2.32. The lowest BCUT2D eigenvalue weighted by molar-refractivity contribution is -0.385. The van der Waals surface area contributed by atoms with Crippen molar-refractivity contribution in [3.63, 3.8) is 0 Å². The van der Waals surface area contributed by atoms with Crippen LogP contribution in [0.5, 0.6) is 0 Å². The number of nitro groups is 1. The summed E-state index contributed by atoms with van der Waals surface area (Å²) in [5.41, 5.74) is 0.506. The fourth-order valence-corrected chi connectivity index (χ4v) is 2.95. The molecular formula is C19H17N3O5. The third-order valence-corrected chi connectivity index (χ3v) is 4.34. The van der Waals surface area contributed by atoms with Gasteiger partial charge in [-0.1, -0.05) is 42.5 Å². The summed E-state index contributed by atoms with van der Waals surface area (Å²) in [5.74, 6) is -1.69. The number of carbonyl (C=O) groups excluding carboxylic acids is 3. The smallest absolute Gasteiger partial charge is 0.282 e. The number of benzene rings is 2. The summed E-state index contributed by atoms with van der Waals surface area (Å²) in [4.78, 5) is 50.0. The van der Waals surface area contributed by atoms with Gasteiger partial charge in [0, 0.05) is 12.6 Å². The Morgan fingerprint density at radius 3 is 2.19 bits per heavy atom. The number of nitrogens with zero attached hydrogens (tertiary/aromatic N) is 3. The van der Waals surface area contributed by atoms with Crippen LogP contribution in [-0.4, -0.2) is 52.1 Å². The van der Waals surface area contributed by atoms with Gasteiger partial charge in [0.2, 0.25) is 11.8 Å². The highest BCUT2D eigenvalue weighted by Crippen LogP contribution is 2.21. The third-order valence-electron chi connectivity index (χ3n) is 4.34. The van der Waals surface area contributed by atoms with Crippen LogP contribution in [-0.2, 0) is 16.0 Å². The Hall–Kier alpha value is -3.55. The summed E-state index contributed by atoms with van der Waals surface area (Å²) in [5, 5.41) is 11.1. The van der Waals surface area contributed by atoms with E-state index in [9.17, 15) is 24.5 Å². The minimum absolute atomic E-state index is 0.138.